The second-order valence-corrected chi connectivity index (χ2v) is 11.6. The minimum atomic E-state index is 0. The molecule has 0 amide bonds. The summed E-state index contributed by atoms with van der Waals surface area (Å²) in [4.78, 5) is 0. The molecule has 230 valence electrons. The van der Waals surface area contributed by atoms with Gasteiger partial charge in [-0.25, -0.2) is 9.13 Å². The molecule has 0 aliphatic carbocycles. The van der Waals surface area contributed by atoms with Gasteiger partial charge in [0.1, 0.15) is 13.1 Å². The molecule has 0 saturated carbocycles. The van der Waals surface area contributed by atoms with Crippen molar-refractivity contribution in [2.45, 2.75) is 168 Å². The Bertz CT molecular complexity index is 743. The lowest BCUT2D eigenvalue weighted by Gasteiger charge is -2.06. The van der Waals surface area contributed by atoms with Gasteiger partial charge in [-0.05, 0) is 25.7 Å². The highest BCUT2D eigenvalue weighted by Gasteiger charge is 2.11. The Balaban J connectivity index is 0.00000760. The molecule has 0 spiro atoms. The highest BCUT2D eigenvalue weighted by atomic mass is 79.9. The molecule has 0 aliphatic heterocycles. The van der Waals surface area contributed by atoms with Crippen LogP contribution in [0.5, 0.6) is 0 Å². The largest absolute Gasteiger partial charge is 1.00 e. The van der Waals surface area contributed by atoms with Gasteiger partial charge in [0, 0.05) is 49.9 Å². The highest BCUT2D eigenvalue weighted by Crippen LogP contribution is 2.12. The quantitative estimate of drug-likeness (QED) is 0.111. The SMILES string of the molecule is CCCCCCCCCCc1cccc[n+]1CCCCCC[n+]1ccccc1CCCCCCCCCC.[Br-].[Br-]. The first-order chi connectivity index (χ1) is 18.8. The van der Waals surface area contributed by atoms with Gasteiger partial charge in [-0.15, -0.1) is 0 Å². The molecule has 0 aromatic carbocycles. The first kappa shape index (κ1) is 39.3. The maximum atomic E-state index is 2.52. The number of hydrogen-bond acceptors (Lipinski definition) is 0. The van der Waals surface area contributed by atoms with Crippen LogP contribution in [-0.4, -0.2) is 0 Å². The van der Waals surface area contributed by atoms with Gasteiger partial charge >= 0.3 is 0 Å². The Morgan fingerprint density at radius 2 is 0.725 bits per heavy atom. The maximum absolute atomic E-state index is 2.52. The first-order valence-electron chi connectivity index (χ1n) is 16.8. The van der Waals surface area contributed by atoms with Crippen molar-refractivity contribution >= 4 is 0 Å². The third-order valence-electron chi connectivity index (χ3n) is 8.19. The second-order valence-electron chi connectivity index (χ2n) is 11.6. The molecule has 0 bridgehead atoms. The van der Waals surface area contributed by atoms with Crippen molar-refractivity contribution in [2.24, 2.45) is 0 Å². The van der Waals surface area contributed by atoms with E-state index in [2.05, 4.69) is 71.8 Å². The third-order valence-corrected chi connectivity index (χ3v) is 8.19. The van der Waals surface area contributed by atoms with Crippen LogP contribution in [0.2, 0.25) is 0 Å². The molecular formula is C36H62Br2N2. The Labute approximate surface area is 270 Å². The summed E-state index contributed by atoms with van der Waals surface area (Å²) < 4.78 is 5.05. The van der Waals surface area contributed by atoms with Crippen molar-refractivity contribution in [3.63, 3.8) is 0 Å². The van der Waals surface area contributed by atoms with Gasteiger partial charge in [0.25, 0.3) is 0 Å². The van der Waals surface area contributed by atoms with Crippen molar-refractivity contribution in [3.8, 4) is 0 Å². The van der Waals surface area contributed by atoms with Crippen LogP contribution in [-0.2, 0) is 25.9 Å². The summed E-state index contributed by atoms with van der Waals surface area (Å²) in [5, 5.41) is 0. The van der Waals surface area contributed by atoms with Crippen LogP contribution in [0.1, 0.15) is 154 Å². The zero-order chi connectivity index (χ0) is 26.9. The molecule has 4 heteroatoms. The van der Waals surface area contributed by atoms with Gasteiger partial charge < -0.3 is 34.0 Å². The van der Waals surface area contributed by atoms with E-state index in [-0.39, 0.29) is 34.0 Å². The predicted octanol–water partition coefficient (Wildman–Crippen LogP) is 3.90. The van der Waals surface area contributed by atoms with Gasteiger partial charge in [-0.2, -0.15) is 0 Å². The van der Waals surface area contributed by atoms with E-state index >= 15 is 0 Å². The third kappa shape index (κ3) is 19.4. The average molecular weight is 683 g/mol. The monoisotopic (exact) mass is 680 g/mol. The zero-order valence-corrected chi connectivity index (χ0v) is 29.4. The minimum Gasteiger partial charge on any atom is -1.00 e. The summed E-state index contributed by atoms with van der Waals surface area (Å²) in [6, 6.07) is 13.6. The maximum Gasteiger partial charge on any atom is 0.181 e. The Hall–Kier alpha value is -0.740. The van der Waals surface area contributed by atoms with Crippen LogP contribution in [0.25, 0.3) is 0 Å². The molecular weight excluding hydrogens is 620 g/mol. The van der Waals surface area contributed by atoms with Crippen molar-refractivity contribution in [1.29, 1.82) is 0 Å². The van der Waals surface area contributed by atoms with Crippen LogP contribution in [0.3, 0.4) is 0 Å². The Morgan fingerprint density at radius 1 is 0.400 bits per heavy atom. The number of aromatic nitrogens is 2. The Kier molecular flexibility index (Phi) is 27.9. The highest BCUT2D eigenvalue weighted by molar-refractivity contribution is 4.98. The van der Waals surface area contributed by atoms with Crippen LogP contribution in [0, 0.1) is 0 Å². The van der Waals surface area contributed by atoms with E-state index in [0.29, 0.717) is 0 Å². The summed E-state index contributed by atoms with van der Waals surface area (Å²) in [6.45, 7) is 6.95. The molecule has 2 heterocycles. The molecule has 0 N–H and O–H groups in total. The number of pyridine rings is 2. The number of nitrogens with zero attached hydrogens (tertiary/aromatic N) is 2. The molecule has 0 saturated heterocycles. The number of aryl methyl sites for hydroxylation is 4. The molecule has 40 heavy (non-hydrogen) atoms. The number of hydrogen-bond donors (Lipinski definition) is 0. The molecule has 0 unspecified atom stereocenters. The van der Waals surface area contributed by atoms with Crippen molar-refractivity contribution in [1.82, 2.24) is 0 Å². The minimum absolute atomic E-state index is 0. The van der Waals surface area contributed by atoms with Gasteiger partial charge in [-0.3, -0.25) is 0 Å². The van der Waals surface area contributed by atoms with Gasteiger partial charge in [0.2, 0.25) is 0 Å². The van der Waals surface area contributed by atoms with E-state index < -0.39 is 0 Å². The molecule has 0 fully saturated rings. The molecule has 2 aromatic heterocycles. The van der Waals surface area contributed by atoms with E-state index in [0.717, 1.165) is 0 Å². The topological polar surface area (TPSA) is 7.76 Å². The van der Waals surface area contributed by atoms with E-state index in [4.69, 9.17) is 0 Å². The van der Waals surface area contributed by atoms with Crippen LogP contribution in [0.15, 0.2) is 48.8 Å². The lowest BCUT2D eigenvalue weighted by atomic mass is 10.1. The van der Waals surface area contributed by atoms with E-state index in [1.807, 2.05) is 0 Å². The number of rotatable bonds is 25. The fraction of sp³-hybridized carbons (Fsp3) is 0.722. The van der Waals surface area contributed by atoms with Gasteiger partial charge in [0.05, 0.1) is 0 Å². The molecule has 2 nitrogen and oxygen atoms in total. The van der Waals surface area contributed by atoms with Crippen LogP contribution in [0.4, 0.5) is 0 Å². The lowest BCUT2D eigenvalue weighted by molar-refractivity contribution is -0.706. The van der Waals surface area contributed by atoms with Crippen molar-refractivity contribution < 1.29 is 43.1 Å². The van der Waals surface area contributed by atoms with E-state index in [9.17, 15) is 0 Å². The molecule has 2 rings (SSSR count). The van der Waals surface area contributed by atoms with Crippen molar-refractivity contribution in [3.05, 3.63) is 60.2 Å². The Morgan fingerprint density at radius 3 is 1.10 bits per heavy atom. The summed E-state index contributed by atoms with van der Waals surface area (Å²) in [5.41, 5.74) is 3.06. The summed E-state index contributed by atoms with van der Waals surface area (Å²) in [6.07, 6.45) is 34.7. The molecule has 0 aliphatic rings. The van der Waals surface area contributed by atoms with Crippen molar-refractivity contribution in [2.75, 3.05) is 0 Å². The average Bonchev–Trinajstić information content (AvgIpc) is 2.95. The standard InChI is InChI=1S/C36H62N2.2BrH/c1-3-5-7-9-11-13-15-19-27-35-29-21-25-33-37(35)31-23-17-18-24-32-38-34-26-22-30-36(38)28-20-16-14-12-10-8-6-4-2;;/h21-22,25-26,29-30,33-34H,3-20,23-24,27-28,31-32H2,1-2H3;2*1H/q+2;;/p-2. The molecule has 2 aromatic rings. The van der Waals surface area contributed by atoms with Crippen LogP contribution >= 0.6 is 0 Å². The molecule has 0 atom stereocenters. The smallest absolute Gasteiger partial charge is 0.181 e. The van der Waals surface area contributed by atoms with E-state index in [1.54, 1.807) is 0 Å². The summed E-state index contributed by atoms with van der Waals surface area (Å²) in [5.74, 6) is 0. The predicted molar refractivity (Wildman–Crippen MR) is 164 cm³/mol. The fourth-order valence-electron chi connectivity index (χ4n) is 5.71. The molecule has 0 radical (unpaired) electrons. The normalized spacial score (nSPS) is 10.8. The zero-order valence-electron chi connectivity index (χ0n) is 26.2. The van der Waals surface area contributed by atoms with Gasteiger partial charge in [0.15, 0.2) is 23.8 Å². The van der Waals surface area contributed by atoms with Gasteiger partial charge in [-0.1, -0.05) is 116 Å². The van der Waals surface area contributed by atoms with Crippen LogP contribution < -0.4 is 43.1 Å². The lowest BCUT2D eigenvalue weighted by Crippen LogP contribution is -3.00. The van der Waals surface area contributed by atoms with E-state index in [1.165, 1.54) is 166 Å². The summed E-state index contributed by atoms with van der Waals surface area (Å²) in [7, 11) is 0. The number of unbranched alkanes of at least 4 members (excludes halogenated alkanes) is 17. The second kappa shape index (κ2) is 28.4. The number of halogens is 2. The first-order valence-corrected chi connectivity index (χ1v) is 16.8. The summed E-state index contributed by atoms with van der Waals surface area (Å²) >= 11 is 0. The fourth-order valence-corrected chi connectivity index (χ4v) is 5.71.